The molecule has 1 N–H and O–H groups in total. The minimum atomic E-state index is -0.325. The SMILES string of the molecule is O=C(C1CCc2ccccc2C1)N1CCC[C@H](O)C1. The van der Waals surface area contributed by atoms with Crippen LogP contribution in [0.1, 0.15) is 30.4 Å². The van der Waals surface area contributed by atoms with Crippen LogP contribution in [0.15, 0.2) is 24.3 Å². The van der Waals surface area contributed by atoms with E-state index in [1.54, 1.807) is 0 Å². The van der Waals surface area contributed by atoms with Gasteiger partial charge in [-0.3, -0.25) is 4.79 Å². The second kappa shape index (κ2) is 5.33. The van der Waals surface area contributed by atoms with Gasteiger partial charge in [-0.15, -0.1) is 0 Å². The average Bonchev–Trinajstić information content (AvgIpc) is 2.46. The predicted octanol–water partition coefficient (Wildman–Crippen LogP) is 1.77. The quantitative estimate of drug-likeness (QED) is 0.835. The molecular weight excluding hydrogens is 238 g/mol. The number of likely N-dealkylation sites (tertiary alicyclic amines) is 1. The van der Waals surface area contributed by atoms with E-state index in [1.807, 2.05) is 4.90 Å². The molecular formula is C16H21NO2. The minimum absolute atomic E-state index is 0.111. The molecule has 1 unspecified atom stereocenters. The first kappa shape index (κ1) is 12.7. The predicted molar refractivity (Wildman–Crippen MR) is 73.8 cm³/mol. The fraction of sp³-hybridized carbons (Fsp3) is 0.562. The molecule has 1 saturated heterocycles. The van der Waals surface area contributed by atoms with Gasteiger partial charge in [-0.1, -0.05) is 24.3 Å². The molecule has 19 heavy (non-hydrogen) atoms. The summed E-state index contributed by atoms with van der Waals surface area (Å²) < 4.78 is 0. The number of aliphatic hydroxyl groups excluding tert-OH is 1. The Bertz CT molecular complexity index is 472. The van der Waals surface area contributed by atoms with Gasteiger partial charge < -0.3 is 10.0 Å². The largest absolute Gasteiger partial charge is 0.391 e. The molecule has 1 amide bonds. The molecule has 2 atom stereocenters. The van der Waals surface area contributed by atoms with E-state index in [1.165, 1.54) is 11.1 Å². The summed E-state index contributed by atoms with van der Waals surface area (Å²) in [5.74, 6) is 0.355. The smallest absolute Gasteiger partial charge is 0.226 e. The summed E-state index contributed by atoms with van der Waals surface area (Å²) in [6.45, 7) is 1.34. The number of amides is 1. The number of aliphatic hydroxyl groups is 1. The lowest BCUT2D eigenvalue weighted by Crippen LogP contribution is -2.45. The molecule has 0 aromatic heterocycles. The lowest BCUT2D eigenvalue weighted by atomic mass is 9.83. The van der Waals surface area contributed by atoms with Gasteiger partial charge >= 0.3 is 0 Å². The van der Waals surface area contributed by atoms with Gasteiger partial charge in [0.2, 0.25) is 5.91 Å². The Hall–Kier alpha value is -1.35. The summed E-state index contributed by atoms with van der Waals surface area (Å²) in [7, 11) is 0. The number of hydrogen-bond acceptors (Lipinski definition) is 2. The Morgan fingerprint density at radius 3 is 2.79 bits per heavy atom. The fourth-order valence-corrected chi connectivity index (χ4v) is 3.32. The molecule has 0 spiro atoms. The van der Waals surface area contributed by atoms with Crippen molar-refractivity contribution in [2.75, 3.05) is 13.1 Å². The van der Waals surface area contributed by atoms with Gasteiger partial charge in [0.15, 0.2) is 0 Å². The lowest BCUT2D eigenvalue weighted by Gasteiger charge is -2.34. The second-order valence-electron chi connectivity index (χ2n) is 5.79. The van der Waals surface area contributed by atoms with Gasteiger partial charge in [0.25, 0.3) is 0 Å². The van der Waals surface area contributed by atoms with Gasteiger partial charge in [0.1, 0.15) is 0 Å². The molecule has 1 aromatic carbocycles. The van der Waals surface area contributed by atoms with Gasteiger partial charge in [0.05, 0.1) is 6.10 Å². The van der Waals surface area contributed by atoms with E-state index in [0.29, 0.717) is 6.54 Å². The molecule has 3 heteroatoms. The Labute approximate surface area is 114 Å². The third kappa shape index (κ3) is 2.66. The van der Waals surface area contributed by atoms with E-state index >= 15 is 0 Å². The number of β-amino-alcohol motifs (C(OH)–C–C–N with tert-alkyl or cyclic N) is 1. The monoisotopic (exact) mass is 259 g/mol. The Kier molecular flexibility index (Phi) is 3.56. The molecule has 1 aliphatic heterocycles. The molecule has 0 saturated carbocycles. The van der Waals surface area contributed by atoms with Gasteiger partial charge in [0, 0.05) is 19.0 Å². The normalized spacial score (nSPS) is 26.9. The van der Waals surface area contributed by atoms with Crippen molar-refractivity contribution >= 4 is 5.91 Å². The highest BCUT2D eigenvalue weighted by molar-refractivity contribution is 5.79. The molecule has 1 heterocycles. The second-order valence-corrected chi connectivity index (χ2v) is 5.79. The summed E-state index contributed by atoms with van der Waals surface area (Å²) in [5, 5.41) is 9.69. The third-order valence-electron chi connectivity index (χ3n) is 4.40. The highest BCUT2D eigenvalue weighted by Crippen LogP contribution is 2.27. The number of rotatable bonds is 1. The van der Waals surface area contributed by atoms with E-state index in [0.717, 1.165) is 38.6 Å². The summed E-state index contributed by atoms with van der Waals surface area (Å²) in [4.78, 5) is 14.4. The summed E-state index contributed by atoms with van der Waals surface area (Å²) >= 11 is 0. The van der Waals surface area contributed by atoms with Crippen molar-refractivity contribution in [2.45, 2.75) is 38.2 Å². The number of piperidine rings is 1. The Morgan fingerprint density at radius 1 is 1.21 bits per heavy atom. The van der Waals surface area contributed by atoms with Gasteiger partial charge in [-0.2, -0.15) is 0 Å². The van der Waals surface area contributed by atoms with Crippen LogP contribution in [-0.4, -0.2) is 35.1 Å². The lowest BCUT2D eigenvalue weighted by molar-refractivity contribution is -0.139. The molecule has 3 nitrogen and oxygen atoms in total. The van der Waals surface area contributed by atoms with Crippen LogP contribution in [-0.2, 0) is 17.6 Å². The number of carbonyl (C=O) groups excluding carboxylic acids is 1. The number of aryl methyl sites for hydroxylation is 1. The van der Waals surface area contributed by atoms with Crippen LogP contribution in [0, 0.1) is 5.92 Å². The van der Waals surface area contributed by atoms with E-state index in [9.17, 15) is 9.90 Å². The van der Waals surface area contributed by atoms with E-state index < -0.39 is 0 Å². The summed E-state index contributed by atoms with van der Waals surface area (Å²) in [5.41, 5.74) is 2.72. The number of benzene rings is 1. The van der Waals surface area contributed by atoms with Crippen molar-refractivity contribution in [3.63, 3.8) is 0 Å². The number of nitrogens with zero attached hydrogens (tertiary/aromatic N) is 1. The number of fused-ring (bicyclic) bond motifs is 1. The zero-order chi connectivity index (χ0) is 13.2. The molecule has 1 aliphatic carbocycles. The first-order chi connectivity index (χ1) is 9.24. The molecule has 0 radical (unpaired) electrons. The third-order valence-corrected chi connectivity index (χ3v) is 4.40. The topological polar surface area (TPSA) is 40.5 Å². The zero-order valence-corrected chi connectivity index (χ0v) is 11.2. The maximum Gasteiger partial charge on any atom is 0.226 e. The van der Waals surface area contributed by atoms with Crippen LogP contribution in [0.2, 0.25) is 0 Å². The van der Waals surface area contributed by atoms with Crippen LogP contribution in [0.5, 0.6) is 0 Å². The fourth-order valence-electron chi connectivity index (χ4n) is 3.32. The number of carbonyl (C=O) groups is 1. The van der Waals surface area contributed by atoms with Gasteiger partial charge in [-0.25, -0.2) is 0 Å². The van der Waals surface area contributed by atoms with Crippen molar-refractivity contribution in [3.8, 4) is 0 Å². The molecule has 102 valence electrons. The van der Waals surface area contributed by atoms with Gasteiger partial charge in [-0.05, 0) is 43.2 Å². The Morgan fingerprint density at radius 2 is 2.00 bits per heavy atom. The standard InChI is InChI=1S/C16H21NO2/c18-15-6-3-9-17(11-15)16(19)14-8-7-12-4-1-2-5-13(12)10-14/h1-2,4-5,14-15,18H,3,6-11H2/t14?,15-/m0/s1. The molecule has 0 bridgehead atoms. The van der Waals surface area contributed by atoms with Crippen LogP contribution >= 0.6 is 0 Å². The number of hydrogen-bond donors (Lipinski definition) is 1. The first-order valence-electron chi connectivity index (χ1n) is 7.27. The maximum atomic E-state index is 12.5. The average molecular weight is 259 g/mol. The molecule has 3 rings (SSSR count). The van der Waals surface area contributed by atoms with E-state index in [-0.39, 0.29) is 17.9 Å². The van der Waals surface area contributed by atoms with E-state index in [4.69, 9.17) is 0 Å². The maximum absolute atomic E-state index is 12.5. The summed E-state index contributed by atoms with van der Waals surface area (Å²) in [6, 6.07) is 8.43. The molecule has 2 aliphatic rings. The van der Waals surface area contributed by atoms with Crippen LogP contribution < -0.4 is 0 Å². The van der Waals surface area contributed by atoms with Crippen molar-refractivity contribution in [1.29, 1.82) is 0 Å². The van der Waals surface area contributed by atoms with Crippen LogP contribution in [0.3, 0.4) is 0 Å². The van der Waals surface area contributed by atoms with Crippen LogP contribution in [0.25, 0.3) is 0 Å². The minimum Gasteiger partial charge on any atom is -0.391 e. The van der Waals surface area contributed by atoms with Crippen molar-refractivity contribution in [1.82, 2.24) is 4.90 Å². The highest BCUT2D eigenvalue weighted by Gasteiger charge is 2.30. The zero-order valence-electron chi connectivity index (χ0n) is 11.2. The summed E-state index contributed by atoms with van der Waals surface area (Å²) in [6.07, 6.45) is 4.24. The highest BCUT2D eigenvalue weighted by atomic mass is 16.3. The van der Waals surface area contributed by atoms with Crippen molar-refractivity contribution in [3.05, 3.63) is 35.4 Å². The van der Waals surface area contributed by atoms with E-state index in [2.05, 4.69) is 24.3 Å². The molecule has 1 fully saturated rings. The molecule has 1 aromatic rings. The first-order valence-corrected chi connectivity index (χ1v) is 7.27. The van der Waals surface area contributed by atoms with Crippen molar-refractivity contribution < 1.29 is 9.90 Å². The van der Waals surface area contributed by atoms with Crippen molar-refractivity contribution in [2.24, 2.45) is 5.92 Å². The Balaban J connectivity index is 1.69. The van der Waals surface area contributed by atoms with Crippen LogP contribution in [0.4, 0.5) is 0 Å².